The van der Waals surface area contributed by atoms with Crippen LogP contribution >= 0.6 is 22.9 Å². The van der Waals surface area contributed by atoms with E-state index >= 15 is 0 Å². The standard InChI is InChI=1S/C21H19ClN4OS/c1-13(7-19(27)16-9-18-17(10-23-16)25-12-26(18)2)20-11-24-21(28-20)8-14-3-5-15(22)6-4-14/h3-6,9-13H,7-8H2,1-2H3. The third-order valence-corrected chi connectivity index (χ3v) is 6.20. The fourth-order valence-electron chi connectivity index (χ4n) is 3.08. The SMILES string of the molecule is CC(CC(=O)c1cc2c(cn1)ncn2C)c1cnc(Cc2ccc(Cl)cc2)s1. The maximum absolute atomic E-state index is 12.7. The van der Waals surface area contributed by atoms with Crippen molar-refractivity contribution in [1.29, 1.82) is 0 Å². The smallest absolute Gasteiger partial charge is 0.181 e. The second-order valence-electron chi connectivity index (χ2n) is 6.90. The Labute approximate surface area is 172 Å². The van der Waals surface area contributed by atoms with Crippen molar-refractivity contribution in [1.82, 2.24) is 19.5 Å². The monoisotopic (exact) mass is 410 g/mol. The molecule has 0 aliphatic carbocycles. The van der Waals surface area contributed by atoms with E-state index in [1.54, 1.807) is 23.9 Å². The Morgan fingerprint density at radius 2 is 1.96 bits per heavy atom. The van der Waals surface area contributed by atoms with Gasteiger partial charge in [0.1, 0.15) is 11.2 Å². The third kappa shape index (κ3) is 3.98. The quantitative estimate of drug-likeness (QED) is 0.417. The molecule has 0 N–H and O–H groups in total. The number of hydrogen-bond donors (Lipinski definition) is 0. The summed E-state index contributed by atoms with van der Waals surface area (Å²) < 4.78 is 1.89. The molecule has 3 heterocycles. The van der Waals surface area contributed by atoms with E-state index in [4.69, 9.17) is 11.6 Å². The third-order valence-electron chi connectivity index (χ3n) is 4.71. The van der Waals surface area contributed by atoms with E-state index in [0.29, 0.717) is 12.1 Å². The number of benzene rings is 1. The van der Waals surface area contributed by atoms with Gasteiger partial charge in [-0.1, -0.05) is 30.7 Å². The first-order chi connectivity index (χ1) is 13.5. The number of pyridine rings is 1. The summed E-state index contributed by atoms with van der Waals surface area (Å²) in [6.45, 7) is 2.06. The second kappa shape index (κ2) is 7.81. The van der Waals surface area contributed by atoms with Gasteiger partial charge in [-0.05, 0) is 29.7 Å². The molecule has 142 valence electrons. The van der Waals surface area contributed by atoms with Crippen molar-refractivity contribution in [3.63, 3.8) is 0 Å². The van der Waals surface area contributed by atoms with Gasteiger partial charge in [-0.15, -0.1) is 11.3 Å². The summed E-state index contributed by atoms with van der Waals surface area (Å²) in [4.78, 5) is 26.9. The van der Waals surface area contributed by atoms with Crippen molar-refractivity contribution < 1.29 is 4.79 Å². The summed E-state index contributed by atoms with van der Waals surface area (Å²) >= 11 is 7.59. The minimum atomic E-state index is 0.0308. The van der Waals surface area contributed by atoms with Gasteiger partial charge < -0.3 is 4.57 Å². The van der Waals surface area contributed by atoms with Crippen molar-refractivity contribution in [2.75, 3.05) is 0 Å². The average Bonchev–Trinajstić information content (AvgIpc) is 3.30. The summed E-state index contributed by atoms with van der Waals surface area (Å²) in [5, 5.41) is 1.76. The molecule has 0 aliphatic rings. The van der Waals surface area contributed by atoms with E-state index in [-0.39, 0.29) is 11.7 Å². The Bertz CT molecular complexity index is 1130. The second-order valence-corrected chi connectivity index (χ2v) is 8.48. The molecule has 0 aliphatic heterocycles. The zero-order valence-electron chi connectivity index (χ0n) is 15.6. The summed E-state index contributed by atoms with van der Waals surface area (Å²) in [6, 6.07) is 9.61. The number of carbonyl (C=O) groups is 1. The van der Waals surface area contributed by atoms with Crippen LogP contribution in [0.4, 0.5) is 0 Å². The Hall–Kier alpha value is -2.57. The maximum Gasteiger partial charge on any atom is 0.181 e. The lowest BCUT2D eigenvalue weighted by molar-refractivity contribution is 0.0971. The molecule has 0 saturated carbocycles. The molecule has 28 heavy (non-hydrogen) atoms. The summed E-state index contributed by atoms with van der Waals surface area (Å²) in [7, 11) is 1.91. The van der Waals surface area contributed by atoms with E-state index in [2.05, 4.69) is 21.9 Å². The fourth-order valence-corrected chi connectivity index (χ4v) is 4.21. The number of thiazole rings is 1. The van der Waals surface area contributed by atoms with Crippen molar-refractivity contribution >= 4 is 39.8 Å². The number of nitrogens with zero attached hydrogens (tertiary/aromatic N) is 4. The minimum Gasteiger partial charge on any atom is -0.334 e. The van der Waals surface area contributed by atoms with Crippen LogP contribution in [-0.2, 0) is 13.5 Å². The Morgan fingerprint density at radius 3 is 2.75 bits per heavy atom. The van der Waals surface area contributed by atoms with Gasteiger partial charge in [-0.2, -0.15) is 0 Å². The molecule has 4 aromatic rings. The van der Waals surface area contributed by atoms with E-state index in [1.807, 2.05) is 48.1 Å². The minimum absolute atomic E-state index is 0.0308. The first-order valence-electron chi connectivity index (χ1n) is 8.99. The van der Waals surface area contributed by atoms with Crippen LogP contribution in [0.5, 0.6) is 0 Å². The van der Waals surface area contributed by atoms with Crippen LogP contribution in [0, 0.1) is 0 Å². The van der Waals surface area contributed by atoms with Crippen LogP contribution in [0.25, 0.3) is 11.0 Å². The molecule has 1 atom stereocenters. The number of imidazole rings is 1. The van der Waals surface area contributed by atoms with E-state index < -0.39 is 0 Å². The number of carbonyl (C=O) groups excluding carboxylic acids is 1. The van der Waals surface area contributed by atoms with Crippen LogP contribution in [0.3, 0.4) is 0 Å². The highest BCUT2D eigenvalue weighted by Gasteiger charge is 2.17. The molecular formula is C21H19ClN4OS. The molecule has 1 aromatic carbocycles. The lowest BCUT2D eigenvalue weighted by atomic mass is 10.0. The van der Waals surface area contributed by atoms with Gasteiger partial charge in [0.15, 0.2) is 5.78 Å². The first-order valence-corrected chi connectivity index (χ1v) is 10.2. The van der Waals surface area contributed by atoms with Crippen LogP contribution in [0.15, 0.2) is 49.1 Å². The van der Waals surface area contributed by atoms with E-state index in [0.717, 1.165) is 32.4 Å². The van der Waals surface area contributed by atoms with Crippen LogP contribution in [0.2, 0.25) is 5.02 Å². The van der Waals surface area contributed by atoms with Gasteiger partial charge in [0.2, 0.25) is 0 Å². The van der Waals surface area contributed by atoms with Crippen LogP contribution in [-0.4, -0.2) is 25.3 Å². The number of hydrogen-bond acceptors (Lipinski definition) is 5. The topological polar surface area (TPSA) is 60.7 Å². The molecule has 4 rings (SSSR count). The number of Topliss-reactive ketones (excluding diaryl/α,β-unsaturated/α-hetero) is 1. The van der Waals surface area contributed by atoms with E-state index in [1.165, 1.54) is 5.56 Å². The van der Waals surface area contributed by atoms with Gasteiger partial charge in [0, 0.05) is 36.0 Å². The highest BCUT2D eigenvalue weighted by atomic mass is 35.5. The van der Waals surface area contributed by atoms with Gasteiger partial charge >= 0.3 is 0 Å². The zero-order valence-corrected chi connectivity index (χ0v) is 17.2. The number of halogens is 1. The Kier molecular flexibility index (Phi) is 5.24. The first kappa shape index (κ1) is 18.8. The highest BCUT2D eigenvalue weighted by molar-refractivity contribution is 7.11. The molecule has 0 amide bonds. The predicted molar refractivity (Wildman–Crippen MR) is 112 cm³/mol. The van der Waals surface area contributed by atoms with Crippen molar-refractivity contribution in [3.8, 4) is 0 Å². The number of fused-ring (bicyclic) bond motifs is 1. The lowest BCUT2D eigenvalue weighted by Gasteiger charge is -2.07. The number of rotatable bonds is 6. The number of ketones is 1. The van der Waals surface area contributed by atoms with Crippen molar-refractivity contribution in [2.45, 2.75) is 25.7 Å². The van der Waals surface area contributed by atoms with Gasteiger partial charge in [0.25, 0.3) is 0 Å². The van der Waals surface area contributed by atoms with Crippen molar-refractivity contribution in [3.05, 3.63) is 75.2 Å². The summed E-state index contributed by atoms with van der Waals surface area (Å²) in [5.74, 6) is 0.122. The van der Waals surface area contributed by atoms with E-state index in [9.17, 15) is 4.79 Å². The molecule has 3 aromatic heterocycles. The molecule has 0 fully saturated rings. The molecule has 5 nitrogen and oxygen atoms in total. The number of aromatic nitrogens is 4. The van der Waals surface area contributed by atoms with Gasteiger partial charge in [-0.3, -0.25) is 9.78 Å². The van der Waals surface area contributed by atoms with Crippen LogP contribution in [0.1, 0.15) is 45.2 Å². The largest absolute Gasteiger partial charge is 0.334 e. The van der Waals surface area contributed by atoms with Crippen LogP contribution < -0.4 is 0 Å². The molecule has 7 heteroatoms. The Balaban J connectivity index is 1.44. The Morgan fingerprint density at radius 1 is 1.18 bits per heavy atom. The number of aryl methyl sites for hydroxylation is 1. The lowest BCUT2D eigenvalue weighted by Crippen LogP contribution is -2.06. The summed E-state index contributed by atoms with van der Waals surface area (Å²) in [6.07, 6.45) is 6.43. The summed E-state index contributed by atoms with van der Waals surface area (Å²) in [5.41, 5.74) is 3.35. The zero-order chi connectivity index (χ0) is 19.7. The highest BCUT2D eigenvalue weighted by Crippen LogP contribution is 2.28. The molecule has 1 unspecified atom stereocenters. The normalized spacial score (nSPS) is 12.4. The fraction of sp³-hybridized carbons (Fsp3) is 0.238. The van der Waals surface area contributed by atoms with Crippen molar-refractivity contribution in [2.24, 2.45) is 7.05 Å². The molecule has 0 spiro atoms. The van der Waals surface area contributed by atoms with Gasteiger partial charge in [-0.25, -0.2) is 9.97 Å². The van der Waals surface area contributed by atoms with Gasteiger partial charge in [0.05, 0.1) is 23.0 Å². The molecule has 0 radical (unpaired) electrons. The maximum atomic E-state index is 12.7. The molecular weight excluding hydrogens is 392 g/mol. The molecule has 0 bridgehead atoms. The molecule has 0 saturated heterocycles. The predicted octanol–water partition coefficient (Wildman–Crippen LogP) is 5.05. The average molecular weight is 411 g/mol.